The van der Waals surface area contributed by atoms with Gasteiger partial charge in [-0.3, -0.25) is 4.98 Å². The van der Waals surface area contributed by atoms with E-state index in [1.807, 2.05) is 12.1 Å². The van der Waals surface area contributed by atoms with Crippen molar-refractivity contribution in [3.8, 4) is 0 Å². The van der Waals surface area contributed by atoms with Crippen LogP contribution in [0.1, 0.15) is 36.9 Å². The number of aromatic nitrogens is 1. The van der Waals surface area contributed by atoms with E-state index in [9.17, 15) is 0 Å². The number of hydrogen-bond acceptors (Lipinski definition) is 3. The zero-order valence-electron chi connectivity index (χ0n) is 9.89. The second-order valence-corrected chi connectivity index (χ2v) is 5.02. The third-order valence-corrected chi connectivity index (χ3v) is 3.38. The maximum atomic E-state index is 5.73. The van der Waals surface area contributed by atoms with Gasteiger partial charge in [0.2, 0.25) is 0 Å². The second-order valence-electron chi connectivity index (χ2n) is 4.58. The fourth-order valence-corrected chi connectivity index (χ4v) is 2.33. The molecule has 0 bridgehead atoms. The first-order chi connectivity index (χ1) is 8.25. The summed E-state index contributed by atoms with van der Waals surface area (Å²) in [4.78, 5) is 4.44. The van der Waals surface area contributed by atoms with E-state index in [0.717, 1.165) is 18.1 Å². The monoisotopic (exact) mass is 250 g/mol. The SMILES string of the molecule is NC(=S)c1cc(COCC2CCCC2)ccn1. The minimum atomic E-state index is 0.336. The van der Waals surface area contributed by atoms with Crippen molar-refractivity contribution in [2.24, 2.45) is 11.7 Å². The number of rotatable bonds is 5. The number of ether oxygens (including phenoxy) is 1. The lowest BCUT2D eigenvalue weighted by molar-refractivity contribution is 0.0888. The van der Waals surface area contributed by atoms with Crippen LogP contribution >= 0.6 is 12.2 Å². The van der Waals surface area contributed by atoms with Gasteiger partial charge in [0.15, 0.2) is 0 Å². The Morgan fingerprint density at radius 3 is 2.94 bits per heavy atom. The fraction of sp³-hybridized carbons (Fsp3) is 0.538. The van der Waals surface area contributed by atoms with Gasteiger partial charge in [-0.15, -0.1) is 0 Å². The summed E-state index contributed by atoms with van der Waals surface area (Å²) in [6.45, 7) is 1.49. The predicted octanol–water partition coefficient (Wildman–Crippen LogP) is 2.42. The molecule has 1 aliphatic carbocycles. The summed E-state index contributed by atoms with van der Waals surface area (Å²) in [5, 5.41) is 0. The summed E-state index contributed by atoms with van der Waals surface area (Å²) in [7, 11) is 0. The number of nitrogens with zero attached hydrogens (tertiary/aromatic N) is 1. The van der Waals surface area contributed by atoms with Crippen LogP contribution in [-0.4, -0.2) is 16.6 Å². The van der Waals surface area contributed by atoms with E-state index in [2.05, 4.69) is 4.98 Å². The lowest BCUT2D eigenvalue weighted by atomic mass is 10.1. The molecule has 0 spiro atoms. The van der Waals surface area contributed by atoms with Gasteiger partial charge in [0, 0.05) is 12.8 Å². The van der Waals surface area contributed by atoms with E-state index < -0.39 is 0 Å². The van der Waals surface area contributed by atoms with Gasteiger partial charge in [-0.25, -0.2) is 0 Å². The van der Waals surface area contributed by atoms with Gasteiger partial charge in [-0.05, 0) is 36.5 Å². The average molecular weight is 250 g/mol. The van der Waals surface area contributed by atoms with Gasteiger partial charge in [0.1, 0.15) is 4.99 Å². The molecule has 2 N–H and O–H groups in total. The lowest BCUT2D eigenvalue weighted by Gasteiger charge is -2.10. The molecule has 0 aromatic carbocycles. The summed E-state index contributed by atoms with van der Waals surface area (Å²) in [5.74, 6) is 0.756. The minimum Gasteiger partial charge on any atom is -0.388 e. The van der Waals surface area contributed by atoms with Crippen LogP contribution in [0.25, 0.3) is 0 Å². The number of pyridine rings is 1. The molecule has 1 fully saturated rings. The van der Waals surface area contributed by atoms with Crippen molar-refractivity contribution in [2.75, 3.05) is 6.61 Å². The van der Waals surface area contributed by atoms with Crippen molar-refractivity contribution < 1.29 is 4.74 Å². The lowest BCUT2D eigenvalue weighted by Crippen LogP contribution is -2.12. The molecular weight excluding hydrogens is 232 g/mol. The highest BCUT2D eigenvalue weighted by atomic mass is 32.1. The molecule has 0 saturated heterocycles. The largest absolute Gasteiger partial charge is 0.388 e. The maximum Gasteiger partial charge on any atom is 0.122 e. The fourth-order valence-electron chi connectivity index (χ4n) is 2.22. The molecule has 1 heterocycles. The van der Waals surface area contributed by atoms with Crippen LogP contribution < -0.4 is 5.73 Å². The first-order valence-electron chi connectivity index (χ1n) is 6.08. The highest BCUT2D eigenvalue weighted by Crippen LogP contribution is 2.24. The molecule has 0 aliphatic heterocycles. The Hall–Kier alpha value is -1.00. The Morgan fingerprint density at radius 1 is 1.47 bits per heavy atom. The maximum absolute atomic E-state index is 5.73. The van der Waals surface area contributed by atoms with Crippen molar-refractivity contribution in [3.05, 3.63) is 29.6 Å². The molecule has 17 heavy (non-hydrogen) atoms. The van der Waals surface area contributed by atoms with E-state index in [1.165, 1.54) is 25.7 Å². The van der Waals surface area contributed by atoms with E-state index >= 15 is 0 Å². The van der Waals surface area contributed by atoms with Gasteiger partial charge in [0.25, 0.3) is 0 Å². The Kier molecular flexibility index (Phi) is 4.45. The summed E-state index contributed by atoms with van der Waals surface area (Å²) in [6, 6.07) is 3.84. The van der Waals surface area contributed by atoms with Crippen molar-refractivity contribution in [2.45, 2.75) is 32.3 Å². The van der Waals surface area contributed by atoms with Crippen molar-refractivity contribution in [3.63, 3.8) is 0 Å². The predicted molar refractivity (Wildman–Crippen MR) is 71.7 cm³/mol. The van der Waals surface area contributed by atoms with Crippen molar-refractivity contribution in [1.29, 1.82) is 0 Å². The molecule has 0 atom stereocenters. The molecular formula is C13H18N2OS. The number of thiocarbonyl (C=S) groups is 1. The Labute approximate surface area is 107 Å². The molecule has 3 nitrogen and oxygen atoms in total. The van der Waals surface area contributed by atoms with Crippen LogP contribution in [0.5, 0.6) is 0 Å². The van der Waals surface area contributed by atoms with E-state index in [0.29, 0.717) is 17.3 Å². The Balaban J connectivity index is 1.81. The van der Waals surface area contributed by atoms with Gasteiger partial charge in [-0.2, -0.15) is 0 Å². The topological polar surface area (TPSA) is 48.1 Å². The molecule has 1 saturated carbocycles. The average Bonchev–Trinajstić information content (AvgIpc) is 2.82. The van der Waals surface area contributed by atoms with Crippen LogP contribution in [0.4, 0.5) is 0 Å². The Morgan fingerprint density at radius 2 is 2.24 bits per heavy atom. The first-order valence-corrected chi connectivity index (χ1v) is 6.49. The van der Waals surface area contributed by atoms with E-state index in [1.54, 1.807) is 6.20 Å². The Bertz CT molecular complexity index is 389. The van der Waals surface area contributed by atoms with Crippen LogP contribution in [0.2, 0.25) is 0 Å². The summed E-state index contributed by atoms with van der Waals surface area (Å²) in [6.07, 6.45) is 7.06. The molecule has 0 amide bonds. The van der Waals surface area contributed by atoms with Gasteiger partial charge in [0.05, 0.1) is 12.3 Å². The molecule has 1 aliphatic rings. The van der Waals surface area contributed by atoms with Crippen molar-refractivity contribution in [1.82, 2.24) is 4.98 Å². The van der Waals surface area contributed by atoms with E-state index in [-0.39, 0.29) is 0 Å². The van der Waals surface area contributed by atoms with Gasteiger partial charge >= 0.3 is 0 Å². The molecule has 1 aromatic rings. The first kappa shape index (κ1) is 12.5. The van der Waals surface area contributed by atoms with Crippen LogP contribution in [0.15, 0.2) is 18.3 Å². The van der Waals surface area contributed by atoms with Crippen LogP contribution in [-0.2, 0) is 11.3 Å². The highest BCUT2D eigenvalue weighted by Gasteiger charge is 2.14. The quantitative estimate of drug-likeness (QED) is 0.815. The molecule has 92 valence electrons. The van der Waals surface area contributed by atoms with E-state index in [4.69, 9.17) is 22.7 Å². The standard InChI is InChI=1S/C13H18N2OS/c14-13(17)12-7-11(5-6-15-12)9-16-8-10-3-1-2-4-10/h5-7,10H,1-4,8-9H2,(H2,14,17). The second kappa shape index (κ2) is 6.07. The van der Waals surface area contributed by atoms with Crippen LogP contribution in [0, 0.1) is 5.92 Å². The van der Waals surface area contributed by atoms with Crippen molar-refractivity contribution >= 4 is 17.2 Å². The number of hydrogen-bond donors (Lipinski definition) is 1. The molecule has 0 unspecified atom stereocenters. The summed E-state index contributed by atoms with van der Waals surface area (Å²) in [5.41, 5.74) is 7.29. The summed E-state index contributed by atoms with van der Waals surface area (Å²) < 4.78 is 5.73. The van der Waals surface area contributed by atoms with Gasteiger partial charge < -0.3 is 10.5 Å². The number of nitrogens with two attached hydrogens (primary N) is 1. The third-order valence-electron chi connectivity index (χ3n) is 3.17. The molecule has 1 aromatic heterocycles. The molecule has 2 rings (SSSR count). The zero-order valence-corrected chi connectivity index (χ0v) is 10.7. The third kappa shape index (κ3) is 3.75. The molecule has 0 radical (unpaired) electrons. The smallest absolute Gasteiger partial charge is 0.122 e. The minimum absolute atomic E-state index is 0.336. The van der Waals surface area contributed by atoms with Gasteiger partial charge in [-0.1, -0.05) is 25.1 Å². The zero-order chi connectivity index (χ0) is 12.1. The highest BCUT2D eigenvalue weighted by molar-refractivity contribution is 7.80. The van der Waals surface area contributed by atoms with Crippen LogP contribution in [0.3, 0.4) is 0 Å². The summed E-state index contributed by atoms with van der Waals surface area (Å²) >= 11 is 4.90. The normalized spacial score (nSPS) is 16.2. The molecule has 4 heteroatoms.